The van der Waals surface area contributed by atoms with Gasteiger partial charge in [-0.25, -0.2) is 0 Å². The van der Waals surface area contributed by atoms with Gasteiger partial charge < -0.3 is 0 Å². The van der Waals surface area contributed by atoms with Gasteiger partial charge in [0.15, 0.2) is 0 Å². The van der Waals surface area contributed by atoms with Gasteiger partial charge in [-0.1, -0.05) is 38.3 Å². The van der Waals surface area contributed by atoms with Crippen LogP contribution in [0.4, 0.5) is 0 Å². The smallest absolute Gasteiger partial charge is 0.0348 e. The zero-order valence-electron chi connectivity index (χ0n) is 7.39. The Balaban J connectivity index is 2.24. The maximum atomic E-state index is 3.92. The van der Waals surface area contributed by atoms with Crippen LogP contribution in [-0.2, 0) is 0 Å². The van der Waals surface area contributed by atoms with E-state index in [0.29, 0.717) is 0 Å². The molecular formula is C11H19. The minimum atomic E-state index is 0.970. The Kier molecular flexibility index (Phi) is 4.33. The number of hydrogen-bond donors (Lipinski definition) is 0. The van der Waals surface area contributed by atoms with Crippen molar-refractivity contribution in [1.82, 2.24) is 0 Å². The van der Waals surface area contributed by atoms with Crippen LogP contribution in [-0.4, -0.2) is 0 Å². The van der Waals surface area contributed by atoms with Crippen LogP contribution in [0.15, 0.2) is 12.2 Å². The second-order valence-corrected chi connectivity index (χ2v) is 3.49. The highest BCUT2D eigenvalue weighted by molar-refractivity contribution is 4.84. The number of rotatable bonds is 2. The van der Waals surface area contributed by atoms with E-state index in [9.17, 15) is 0 Å². The largest absolute Gasteiger partial charge is 0.0885 e. The average molecular weight is 151 g/mol. The molecule has 1 atom stereocenters. The lowest BCUT2D eigenvalue weighted by Gasteiger charge is -2.15. The van der Waals surface area contributed by atoms with Crippen molar-refractivity contribution in [2.45, 2.75) is 44.9 Å². The van der Waals surface area contributed by atoms with Crippen molar-refractivity contribution in [3.8, 4) is 0 Å². The summed E-state index contributed by atoms with van der Waals surface area (Å²) in [6.45, 7) is 3.92. The van der Waals surface area contributed by atoms with Gasteiger partial charge in [0.1, 0.15) is 0 Å². The first-order valence-corrected chi connectivity index (χ1v) is 4.87. The van der Waals surface area contributed by atoms with Crippen molar-refractivity contribution >= 4 is 0 Å². The van der Waals surface area contributed by atoms with E-state index in [1.165, 1.54) is 38.5 Å². The third-order valence-corrected chi connectivity index (χ3v) is 2.50. The molecule has 1 unspecified atom stereocenters. The van der Waals surface area contributed by atoms with E-state index in [-0.39, 0.29) is 0 Å². The van der Waals surface area contributed by atoms with E-state index in [2.05, 4.69) is 19.1 Å². The summed E-state index contributed by atoms with van der Waals surface area (Å²) in [5.41, 5.74) is 0. The highest BCUT2D eigenvalue weighted by Crippen LogP contribution is 2.22. The van der Waals surface area contributed by atoms with Crippen LogP contribution >= 0.6 is 0 Å². The molecule has 1 rings (SSSR count). The minimum Gasteiger partial charge on any atom is -0.0885 e. The Hall–Kier alpha value is -0.260. The SMILES string of the molecule is [CH2]CCC1CCC=CCCC1. The maximum Gasteiger partial charge on any atom is -0.0348 e. The Morgan fingerprint density at radius 2 is 2.00 bits per heavy atom. The third-order valence-electron chi connectivity index (χ3n) is 2.50. The molecular weight excluding hydrogens is 132 g/mol. The topological polar surface area (TPSA) is 0 Å². The molecule has 0 aromatic rings. The van der Waals surface area contributed by atoms with Gasteiger partial charge in [0.05, 0.1) is 0 Å². The molecule has 0 bridgehead atoms. The number of allylic oxidation sites excluding steroid dienone is 2. The van der Waals surface area contributed by atoms with Crippen LogP contribution in [0.3, 0.4) is 0 Å². The monoisotopic (exact) mass is 151 g/mol. The van der Waals surface area contributed by atoms with Crippen LogP contribution in [0.5, 0.6) is 0 Å². The van der Waals surface area contributed by atoms with Crippen LogP contribution in [0.25, 0.3) is 0 Å². The molecule has 11 heavy (non-hydrogen) atoms. The van der Waals surface area contributed by atoms with Crippen molar-refractivity contribution < 1.29 is 0 Å². The van der Waals surface area contributed by atoms with Gasteiger partial charge in [0, 0.05) is 0 Å². The minimum absolute atomic E-state index is 0.970. The standard InChI is InChI=1S/C11H19/c1-2-8-11-9-6-4-3-5-7-10-11/h3-4,11H,1-2,5-10H2. The Labute approximate surface area is 70.7 Å². The van der Waals surface area contributed by atoms with E-state index in [0.717, 1.165) is 12.3 Å². The summed E-state index contributed by atoms with van der Waals surface area (Å²) >= 11 is 0. The first-order valence-electron chi connectivity index (χ1n) is 4.87. The number of hydrogen-bond acceptors (Lipinski definition) is 0. The summed E-state index contributed by atoms with van der Waals surface area (Å²) in [4.78, 5) is 0. The zero-order chi connectivity index (χ0) is 7.94. The first-order chi connectivity index (χ1) is 5.43. The summed E-state index contributed by atoms with van der Waals surface area (Å²) in [6, 6.07) is 0. The summed E-state index contributed by atoms with van der Waals surface area (Å²) in [7, 11) is 0. The molecule has 0 saturated heterocycles. The highest BCUT2D eigenvalue weighted by Gasteiger charge is 2.07. The van der Waals surface area contributed by atoms with E-state index >= 15 is 0 Å². The van der Waals surface area contributed by atoms with Gasteiger partial charge in [-0.2, -0.15) is 0 Å². The molecule has 1 aliphatic rings. The van der Waals surface area contributed by atoms with Crippen LogP contribution in [0.2, 0.25) is 0 Å². The summed E-state index contributed by atoms with van der Waals surface area (Å²) in [5, 5.41) is 0. The second kappa shape index (κ2) is 5.40. The Morgan fingerprint density at radius 3 is 2.82 bits per heavy atom. The molecule has 1 aliphatic carbocycles. The Bertz CT molecular complexity index is 113. The molecule has 0 aliphatic heterocycles. The molecule has 0 fully saturated rings. The fourth-order valence-electron chi connectivity index (χ4n) is 1.81. The van der Waals surface area contributed by atoms with Gasteiger partial charge >= 0.3 is 0 Å². The lowest BCUT2D eigenvalue weighted by Crippen LogP contribution is -2.00. The molecule has 0 heteroatoms. The van der Waals surface area contributed by atoms with Crippen molar-refractivity contribution in [2.24, 2.45) is 5.92 Å². The zero-order valence-corrected chi connectivity index (χ0v) is 7.39. The maximum absolute atomic E-state index is 3.92. The van der Waals surface area contributed by atoms with Crippen molar-refractivity contribution in [2.75, 3.05) is 0 Å². The van der Waals surface area contributed by atoms with Crippen molar-refractivity contribution in [3.05, 3.63) is 19.1 Å². The van der Waals surface area contributed by atoms with Crippen molar-refractivity contribution in [3.63, 3.8) is 0 Å². The van der Waals surface area contributed by atoms with Crippen LogP contribution in [0, 0.1) is 12.8 Å². The molecule has 0 nitrogen and oxygen atoms in total. The van der Waals surface area contributed by atoms with Crippen LogP contribution < -0.4 is 0 Å². The molecule has 0 heterocycles. The fourth-order valence-corrected chi connectivity index (χ4v) is 1.81. The molecule has 0 aromatic carbocycles. The van der Waals surface area contributed by atoms with E-state index in [1.807, 2.05) is 0 Å². The first kappa shape index (κ1) is 8.83. The molecule has 0 aromatic heterocycles. The predicted molar refractivity (Wildman–Crippen MR) is 50.3 cm³/mol. The van der Waals surface area contributed by atoms with Gasteiger partial charge in [-0.3, -0.25) is 0 Å². The molecule has 0 amide bonds. The quantitative estimate of drug-likeness (QED) is 0.527. The summed E-state index contributed by atoms with van der Waals surface area (Å²) < 4.78 is 0. The highest BCUT2D eigenvalue weighted by atomic mass is 14.1. The lowest BCUT2D eigenvalue weighted by molar-refractivity contribution is 0.409. The molecule has 0 spiro atoms. The molecule has 1 radical (unpaired) electrons. The van der Waals surface area contributed by atoms with E-state index < -0.39 is 0 Å². The predicted octanol–water partition coefficient (Wildman–Crippen LogP) is 3.74. The van der Waals surface area contributed by atoms with Gasteiger partial charge in [0.25, 0.3) is 0 Å². The molecule has 0 saturated carbocycles. The third kappa shape index (κ3) is 3.60. The van der Waals surface area contributed by atoms with Crippen molar-refractivity contribution in [1.29, 1.82) is 0 Å². The van der Waals surface area contributed by atoms with Crippen LogP contribution in [0.1, 0.15) is 44.9 Å². The summed E-state index contributed by atoms with van der Waals surface area (Å²) in [6.07, 6.45) is 13.9. The van der Waals surface area contributed by atoms with E-state index in [4.69, 9.17) is 0 Å². The average Bonchev–Trinajstić information content (AvgIpc) is 1.94. The summed E-state index contributed by atoms with van der Waals surface area (Å²) in [5.74, 6) is 0.970. The lowest BCUT2D eigenvalue weighted by atomic mass is 9.91. The molecule has 63 valence electrons. The Morgan fingerprint density at radius 1 is 1.18 bits per heavy atom. The second-order valence-electron chi connectivity index (χ2n) is 3.49. The van der Waals surface area contributed by atoms with Gasteiger partial charge in [0.2, 0.25) is 0 Å². The fraction of sp³-hybridized carbons (Fsp3) is 0.727. The van der Waals surface area contributed by atoms with Gasteiger partial charge in [-0.05, 0) is 31.6 Å². The normalized spacial score (nSPS) is 26.1. The van der Waals surface area contributed by atoms with E-state index in [1.54, 1.807) is 0 Å². The van der Waals surface area contributed by atoms with Gasteiger partial charge in [-0.15, -0.1) is 0 Å². The molecule has 0 N–H and O–H groups in total.